The van der Waals surface area contributed by atoms with Crippen molar-refractivity contribution in [1.82, 2.24) is 19.8 Å². The van der Waals surface area contributed by atoms with Gasteiger partial charge in [0.05, 0.1) is 30.1 Å². The SMILES string of the molecule is O=C(c1cncs1)N1CC(=O)N(C2CCCCC2)C[C@H](OCc2ccccn2)C1. The van der Waals surface area contributed by atoms with Crippen molar-refractivity contribution in [3.63, 3.8) is 0 Å². The van der Waals surface area contributed by atoms with Crippen LogP contribution in [0.25, 0.3) is 0 Å². The minimum Gasteiger partial charge on any atom is -0.368 e. The largest absolute Gasteiger partial charge is 0.368 e. The van der Waals surface area contributed by atoms with Gasteiger partial charge in [-0.2, -0.15) is 0 Å². The van der Waals surface area contributed by atoms with Crippen molar-refractivity contribution in [2.24, 2.45) is 0 Å². The molecule has 1 saturated heterocycles. The number of carbonyl (C=O) groups is 2. The van der Waals surface area contributed by atoms with Crippen molar-refractivity contribution < 1.29 is 14.3 Å². The van der Waals surface area contributed by atoms with Gasteiger partial charge in [0, 0.05) is 25.3 Å². The lowest BCUT2D eigenvalue weighted by Crippen LogP contribution is -2.46. The Labute approximate surface area is 174 Å². The Morgan fingerprint density at radius 3 is 2.79 bits per heavy atom. The van der Waals surface area contributed by atoms with Crippen LogP contribution in [0.2, 0.25) is 0 Å². The molecule has 2 fully saturated rings. The normalized spacial score (nSPS) is 21.2. The Morgan fingerprint density at radius 1 is 1.21 bits per heavy atom. The van der Waals surface area contributed by atoms with Crippen molar-refractivity contribution in [3.8, 4) is 0 Å². The van der Waals surface area contributed by atoms with Gasteiger partial charge in [0.15, 0.2) is 0 Å². The lowest BCUT2D eigenvalue weighted by atomic mass is 9.94. The number of rotatable bonds is 5. The molecule has 8 heteroatoms. The number of aromatic nitrogens is 2. The summed E-state index contributed by atoms with van der Waals surface area (Å²) in [6, 6.07) is 5.96. The van der Waals surface area contributed by atoms with E-state index in [-0.39, 0.29) is 30.5 Å². The van der Waals surface area contributed by atoms with E-state index >= 15 is 0 Å². The number of pyridine rings is 1. The van der Waals surface area contributed by atoms with Crippen LogP contribution in [0.5, 0.6) is 0 Å². The zero-order valence-corrected chi connectivity index (χ0v) is 17.2. The summed E-state index contributed by atoms with van der Waals surface area (Å²) in [6.45, 7) is 1.36. The first-order chi connectivity index (χ1) is 14.2. The fourth-order valence-electron chi connectivity index (χ4n) is 4.11. The van der Waals surface area contributed by atoms with Crippen molar-refractivity contribution in [2.45, 2.75) is 50.9 Å². The molecule has 2 aliphatic rings. The number of hydrogen-bond donors (Lipinski definition) is 0. The summed E-state index contributed by atoms with van der Waals surface area (Å²) < 4.78 is 6.15. The van der Waals surface area contributed by atoms with E-state index in [0.717, 1.165) is 31.4 Å². The molecule has 1 aliphatic carbocycles. The highest BCUT2D eigenvalue weighted by atomic mass is 32.1. The van der Waals surface area contributed by atoms with Gasteiger partial charge in [-0.3, -0.25) is 19.6 Å². The van der Waals surface area contributed by atoms with Crippen LogP contribution in [0.1, 0.15) is 47.5 Å². The first-order valence-corrected chi connectivity index (χ1v) is 11.1. The maximum absolute atomic E-state index is 13.1. The molecule has 154 valence electrons. The highest BCUT2D eigenvalue weighted by Crippen LogP contribution is 2.25. The van der Waals surface area contributed by atoms with E-state index in [1.54, 1.807) is 22.8 Å². The second-order valence-corrected chi connectivity index (χ2v) is 8.53. The van der Waals surface area contributed by atoms with E-state index in [4.69, 9.17) is 4.74 Å². The zero-order chi connectivity index (χ0) is 20.1. The maximum Gasteiger partial charge on any atom is 0.266 e. The summed E-state index contributed by atoms with van der Waals surface area (Å²) in [5.41, 5.74) is 2.48. The molecule has 4 rings (SSSR count). The molecule has 1 aliphatic heterocycles. The fraction of sp³-hybridized carbons (Fsp3) is 0.524. The van der Waals surface area contributed by atoms with Crippen LogP contribution < -0.4 is 0 Å². The molecule has 7 nitrogen and oxygen atoms in total. The van der Waals surface area contributed by atoms with E-state index in [1.807, 2.05) is 23.1 Å². The van der Waals surface area contributed by atoms with Crippen molar-refractivity contribution >= 4 is 23.2 Å². The topological polar surface area (TPSA) is 75.6 Å². The Hall–Kier alpha value is -2.32. The van der Waals surface area contributed by atoms with Crippen LogP contribution in [0, 0.1) is 0 Å². The molecule has 2 amide bonds. The van der Waals surface area contributed by atoms with Crippen LogP contribution in [-0.4, -0.2) is 63.4 Å². The average molecular weight is 415 g/mol. The number of thiazole rings is 1. The van der Waals surface area contributed by atoms with Crippen LogP contribution in [0.4, 0.5) is 0 Å². The lowest BCUT2D eigenvalue weighted by Gasteiger charge is -2.34. The predicted octanol–water partition coefficient (Wildman–Crippen LogP) is 2.74. The van der Waals surface area contributed by atoms with E-state index in [1.165, 1.54) is 17.8 Å². The molecule has 0 unspecified atom stereocenters. The zero-order valence-electron chi connectivity index (χ0n) is 16.4. The van der Waals surface area contributed by atoms with E-state index < -0.39 is 0 Å². The highest BCUT2D eigenvalue weighted by Gasteiger charge is 2.35. The molecule has 3 heterocycles. The van der Waals surface area contributed by atoms with Crippen LogP contribution in [0.15, 0.2) is 36.1 Å². The third-order valence-corrected chi connectivity index (χ3v) is 6.37. The summed E-state index contributed by atoms with van der Waals surface area (Å²) in [7, 11) is 0. The molecule has 2 aromatic heterocycles. The van der Waals surface area contributed by atoms with Gasteiger partial charge in [0.1, 0.15) is 11.4 Å². The Balaban J connectivity index is 1.51. The molecule has 29 heavy (non-hydrogen) atoms. The molecule has 1 saturated carbocycles. The molecular formula is C21H26N4O3S. The van der Waals surface area contributed by atoms with Gasteiger partial charge >= 0.3 is 0 Å². The Kier molecular flexibility index (Phi) is 6.51. The van der Waals surface area contributed by atoms with Gasteiger partial charge in [-0.25, -0.2) is 0 Å². The second-order valence-electron chi connectivity index (χ2n) is 7.64. The standard InChI is InChI=1S/C21H26N4O3S/c26-20-13-24(21(27)19-10-22-15-29-19)11-18(28-14-16-6-4-5-9-23-16)12-25(20)17-7-2-1-3-8-17/h4-6,9-10,15,17-18H,1-3,7-8,11-14H2/t18-/m1/s1. The number of hydrogen-bond acceptors (Lipinski definition) is 6. The Bertz CT molecular complexity index is 809. The van der Waals surface area contributed by atoms with Crippen molar-refractivity contribution in [1.29, 1.82) is 0 Å². The summed E-state index contributed by atoms with van der Waals surface area (Å²) >= 11 is 1.29. The molecule has 0 N–H and O–H groups in total. The summed E-state index contributed by atoms with van der Waals surface area (Å²) in [5.74, 6) is -0.142. The predicted molar refractivity (Wildman–Crippen MR) is 109 cm³/mol. The van der Waals surface area contributed by atoms with Crippen LogP contribution in [0.3, 0.4) is 0 Å². The molecule has 1 atom stereocenters. The van der Waals surface area contributed by atoms with Gasteiger partial charge in [-0.05, 0) is 25.0 Å². The molecular weight excluding hydrogens is 388 g/mol. The quantitative estimate of drug-likeness (QED) is 0.752. The first kappa shape index (κ1) is 20.0. The second kappa shape index (κ2) is 9.45. The summed E-state index contributed by atoms with van der Waals surface area (Å²) in [6.07, 6.45) is 8.64. The van der Waals surface area contributed by atoms with Crippen LogP contribution >= 0.6 is 11.3 Å². The average Bonchev–Trinajstić information content (AvgIpc) is 3.24. The van der Waals surface area contributed by atoms with Crippen molar-refractivity contribution in [2.75, 3.05) is 19.6 Å². The van der Waals surface area contributed by atoms with Crippen molar-refractivity contribution in [3.05, 3.63) is 46.7 Å². The number of carbonyl (C=O) groups excluding carboxylic acids is 2. The van der Waals surface area contributed by atoms with Gasteiger partial charge in [-0.1, -0.05) is 25.3 Å². The van der Waals surface area contributed by atoms with Gasteiger partial charge in [0.2, 0.25) is 5.91 Å². The maximum atomic E-state index is 13.1. The first-order valence-electron chi connectivity index (χ1n) is 10.2. The van der Waals surface area contributed by atoms with Gasteiger partial charge in [-0.15, -0.1) is 11.3 Å². The minimum atomic E-state index is -0.248. The number of ether oxygens (including phenoxy) is 1. The molecule has 0 aromatic carbocycles. The summed E-state index contributed by atoms with van der Waals surface area (Å²) in [4.78, 5) is 38.4. The smallest absolute Gasteiger partial charge is 0.266 e. The molecule has 2 aromatic rings. The van der Waals surface area contributed by atoms with Gasteiger partial charge < -0.3 is 14.5 Å². The molecule has 0 radical (unpaired) electrons. The molecule has 0 spiro atoms. The highest BCUT2D eigenvalue weighted by molar-refractivity contribution is 7.11. The van der Waals surface area contributed by atoms with E-state index in [2.05, 4.69) is 9.97 Å². The molecule has 0 bridgehead atoms. The third-order valence-electron chi connectivity index (χ3n) is 5.61. The number of amides is 2. The lowest BCUT2D eigenvalue weighted by molar-refractivity contribution is -0.134. The fourth-order valence-corrected chi connectivity index (χ4v) is 4.70. The monoisotopic (exact) mass is 414 g/mol. The minimum absolute atomic E-state index is 0.0127. The summed E-state index contributed by atoms with van der Waals surface area (Å²) in [5, 5.41) is 0. The van der Waals surface area contributed by atoms with E-state index in [9.17, 15) is 9.59 Å². The number of nitrogens with zero attached hydrogens (tertiary/aromatic N) is 4. The Morgan fingerprint density at radius 2 is 2.07 bits per heavy atom. The van der Waals surface area contributed by atoms with E-state index in [0.29, 0.717) is 24.6 Å². The third kappa shape index (κ3) is 5.00. The van der Waals surface area contributed by atoms with Gasteiger partial charge in [0.25, 0.3) is 5.91 Å². The van der Waals surface area contributed by atoms with Crippen LogP contribution in [-0.2, 0) is 16.1 Å².